The zero-order chi connectivity index (χ0) is 19.2. The number of hydrogen-bond acceptors (Lipinski definition) is 4. The number of aryl methyl sites for hydroxylation is 3. The van der Waals surface area contributed by atoms with Crippen molar-refractivity contribution < 1.29 is 8.42 Å². The van der Waals surface area contributed by atoms with E-state index in [0.717, 1.165) is 11.1 Å². The topological polar surface area (TPSA) is 82.6 Å². The summed E-state index contributed by atoms with van der Waals surface area (Å²) in [5.41, 5.74) is 1.65. The van der Waals surface area contributed by atoms with E-state index < -0.39 is 10.0 Å². The van der Waals surface area contributed by atoms with E-state index in [9.17, 15) is 8.42 Å². The molecule has 0 bridgehead atoms. The second-order valence-corrected chi connectivity index (χ2v) is 9.14. The second kappa shape index (κ2) is 11.0. The molecule has 9 heteroatoms. The molecule has 150 valence electrons. The first kappa shape index (κ1) is 23.9. The smallest absolute Gasteiger partial charge is 0.240 e. The Morgan fingerprint density at radius 3 is 2.44 bits per heavy atom. The van der Waals surface area contributed by atoms with Gasteiger partial charge in [0.25, 0.3) is 0 Å². The lowest BCUT2D eigenvalue weighted by molar-refractivity contribution is 0.580. The number of hydrogen-bond donors (Lipinski definition) is 3. The van der Waals surface area contributed by atoms with Gasteiger partial charge >= 0.3 is 0 Å². The Bertz CT molecular complexity index is 879. The number of sulfonamides is 1. The van der Waals surface area contributed by atoms with Crippen molar-refractivity contribution in [1.29, 1.82) is 0 Å². The van der Waals surface area contributed by atoms with Crippen molar-refractivity contribution in [2.75, 3.05) is 20.1 Å². The third-order valence-electron chi connectivity index (χ3n) is 3.79. The van der Waals surface area contributed by atoms with Gasteiger partial charge in [-0.3, -0.25) is 4.99 Å². The number of guanidine groups is 1. The zero-order valence-electron chi connectivity index (χ0n) is 16.0. The molecule has 0 saturated heterocycles. The number of thiophene rings is 1. The fourth-order valence-corrected chi connectivity index (χ4v) is 4.60. The number of rotatable bonds is 7. The number of nitrogens with one attached hydrogen (secondary N) is 3. The highest BCUT2D eigenvalue weighted by Crippen LogP contribution is 2.16. The van der Waals surface area contributed by atoms with Gasteiger partial charge in [-0.15, -0.1) is 35.3 Å². The first-order chi connectivity index (χ1) is 12.3. The molecule has 2 rings (SSSR count). The average molecular weight is 522 g/mol. The summed E-state index contributed by atoms with van der Waals surface area (Å²) >= 11 is 1.74. The quantitative estimate of drug-likeness (QED) is 0.226. The van der Waals surface area contributed by atoms with Crippen molar-refractivity contribution in [3.8, 4) is 0 Å². The molecule has 0 aliphatic rings. The Kier molecular flexibility index (Phi) is 9.71. The van der Waals surface area contributed by atoms with Crippen molar-refractivity contribution in [2.45, 2.75) is 32.2 Å². The molecule has 2 aromatic rings. The Morgan fingerprint density at radius 1 is 1.07 bits per heavy atom. The minimum absolute atomic E-state index is 0. The monoisotopic (exact) mass is 522 g/mol. The van der Waals surface area contributed by atoms with Gasteiger partial charge in [0.2, 0.25) is 10.0 Å². The highest BCUT2D eigenvalue weighted by Gasteiger charge is 2.16. The Balaban J connectivity index is 0.00000364. The molecular formula is C18H27IN4O2S2. The number of halogens is 1. The van der Waals surface area contributed by atoms with Crippen LogP contribution in [-0.4, -0.2) is 34.5 Å². The molecule has 0 unspecified atom stereocenters. The van der Waals surface area contributed by atoms with Gasteiger partial charge in [-0.2, -0.15) is 0 Å². The number of benzene rings is 1. The molecule has 0 fully saturated rings. The lowest BCUT2D eigenvalue weighted by Gasteiger charge is -2.13. The maximum absolute atomic E-state index is 12.4. The highest BCUT2D eigenvalue weighted by molar-refractivity contribution is 14.0. The molecule has 0 amide bonds. The first-order valence-electron chi connectivity index (χ1n) is 8.38. The first-order valence-corrected chi connectivity index (χ1v) is 10.7. The number of aliphatic imine (C=N–C) groups is 1. The zero-order valence-corrected chi connectivity index (χ0v) is 20.0. The molecule has 0 spiro atoms. The minimum Gasteiger partial charge on any atom is -0.355 e. The largest absolute Gasteiger partial charge is 0.355 e. The summed E-state index contributed by atoms with van der Waals surface area (Å²) in [6.45, 7) is 7.15. The van der Waals surface area contributed by atoms with E-state index in [4.69, 9.17) is 0 Å². The van der Waals surface area contributed by atoms with Crippen LogP contribution in [0.1, 0.15) is 20.9 Å². The molecule has 0 aliphatic carbocycles. The maximum Gasteiger partial charge on any atom is 0.240 e. The van der Waals surface area contributed by atoms with E-state index in [0.29, 0.717) is 23.9 Å². The van der Waals surface area contributed by atoms with Crippen LogP contribution in [0.15, 0.2) is 40.2 Å². The summed E-state index contributed by atoms with van der Waals surface area (Å²) in [7, 11) is -1.83. The van der Waals surface area contributed by atoms with Gasteiger partial charge in [-0.1, -0.05) is 12.1 Å². The molecule has 1 aromatic heterocycles. The van der Waals surface area contributed by atoms with Crippen molar-refractivity contribution in [1.82, 2.24) is 15.4 Å². The minimum atomic E-state index is -3.52. The molecule has 0 saturated carbocycles. The van der Waals surface area contributed by atoms with Gasteiger partial charge in [0, 0.05) is 29.9 Å². The van der Waals surface area contributed by atoms with Gasteiger partial charge in [-0.25, -0.2) is 13.1 Å². The predicted molar refractivity (Wildman–Crippen MR) is 124 cm³/mol. The molecule has 0 radical (unpaired) electrons. The fourth-order valence-electron chi connectivity index (χ4n) is 2.41. The number of nitrogens with zero attached hydrogens (tertiary/aromatic N) is 1. The standard InChI is InChI=1S/C18H26N4O2S2.HI/c1-13-5-6-14(2)17(11-13)26(23,24)22-10-9-20-18(19-4)21-12-16-8-7-15(3)25-16;/h5-8,11,22H,9-10,12H2,1-4H3,(H2,19,20,21);1H. The van der Waals surface area contributed by atoms with E-state index in [1.54, 1.807) is 31.4 Å². The van der Waals surface area contributed by atoms with Crippen molar-refractivity contribution >= 4 is 51.3 Å². The molecule has 1 aromatic carbocycles. The Morgan fingerprint density at radius 2 is 1.81 bits per heavy atom. The molecule has 3 N–H and O–H groups in total. The molecule has 0 aliphatic heterocycles. The summed E-state index contributed by atoms with van der Waals surface area (Å²) in [5, 5.41) is 6.33. The molecule has 27 heavy (non-hydrogen) atoms. The van der Waals surface area contributed by atoms with Crippen LogP contribution in [0.25, 0.3) is 0 Å². The SMILES string of the molecule is CN=C(NCCNS(=O)(=O)c1cc(C)ccc1C)NCc1ccc(C)s1.I. The molecular weight excluding hydrogens is 495 g/mol. The molecule has 0 atom stereocenters. The van der Waals surface area contributed by atoms with E-state index in [1.165, 1.54) is 9.75 Å². The van der Waals surface area contributed by atoms with Crippen LogP contribution < -0.4 is 15.4 Å². The summed E-state index contributed by atoms with van der Waals surface area (Å²) < 4.78 is 27.5. The van der Waals surface area contributed by atoms with Crippen LogP contribution in [0.2, 0.25) is 0 Å². The van der Waals surface area contributed by atoms with E-state index in [-0.39, 0.29) is 30.5 Å². The van der Waals surface area contributed by atoms with Crippen molar-refractivity contribution in [2.24, 2.45) is 4.99 Å². The van der Waals surface area contributed by atoms with Crippen molar-refractivity contribution in [3.63, 3.8) is 0 Å². The van der Waals surface area contributed by atoms with Crippen LogP contribution in [0, 0.1) is 20.8 Å². The summed E-state index contributed by atoms with van der Waals surface area (Å²) in [4.78, 5) is 6.97. The lowest BCUT2D eigenvalue weighted by Crippen LogP contribution is -2.41. The third kappa shape index (κ3) is 7.40. The summed E-state index contributed by atoms with van der Waals surface area (Å²) in [6, 6.07) is 9.58. The third-order valence-corrected chi connectivity index (χ3v) is 6.40. The Labute approximate surface area is 182 Å². The predicted octanol–water partition coefficient (Wildman–Crippen LogP) is 2.93. The van der Waals surface area contributed by atoms with Crippen molar-refractivity contribution in [3.05, 3.63) is 51.2 Å². The van der Waals surface area contributed by atoms with Crippen LogP contribution in [0.4, 0.5) is 0 Å². The van der Waals surface area contributed by atoms with Gasteiger partial charge in [0.1, 0.15) is 0 Å². The maximum atomic E-state index is 12.4. The van der Waals surface area contributed by atoms with E-state index in [2.05, 4.69) is 39.4 Å². The normalized spacial score (nSPS) is 11.8. The van der Waals surface area contributed by atoms with E-state index in [1.807, 2.05) is 19.1 Å². The van der Waals surface area contributed by atoms with Gasteiger partial charge in [-0.05, 0) is 50.1 Å². The summed E-state index contributed by atoms with van der Waals surface area (Å²) in [6.07, 6.45) is 0. The average Bonchev–Trinajstić information content (AvgIpc) is 3.01. The lowest BCUT2D eigenvalue weighted by atomic mass is 10.2. The highest BCUT2D eigenvalue weighted by atomic mass is 127. The van der Waals surface area contributed by atoms with Crippen LogP contribution >= 0.6 is 35.3 Å². The Hall–Kier alpha value is -1.17. The fraction of sp³-hybridized carbons (Fsp3) is 0.389. The van der Waals surface area contributed by atoms with Crippen LogP contribution in [-0.2, 0) is 16.6 Å². The molecule has 6 nitrogen and oxygen atoms in total. The van der Waals surface area contributed by atoms with Crippen LogP contribution in [0.3, 0.4) is 0 Å². The summed E-state index contributed by atoms with van der Waals surface area (Å²) in [5.74, 6) is 0.641. The van der Waals surface area contributed by atoms with Gasteiger partial charge in [0.05, 0.1) is 11.4 Å². The second-order valence-electron chi connectivity index (χ2n) is 6.03. The van der Waals surface area contributed by atoms with Gasteiger partial charge < -0.3 is 10.6 Å². The van der Waals surface area contributed by atoms with E-state index >= 15 is 0 Å². The molecule has 1 heterocycles. The van der Waals surface area contributed by atoms with Crippen LogP contribution in [0.5, 0.6) is 0 Å². The van der Waals surface area contributed by atoms with Gasteiger partial charge in [0.15, 0.2) is 5.96 Å².